The van der Waals surface area contributed by atoms with E-state index in [-0.39, 0.29) is 0 Å². The van der Waals surface area contributed by atoms with E-state index in [1.807, 2.05) is 0 Å². The van der Waals surface area contributed by atoms with Crippen molar-refractivity contribution in [1.82, 2.24) is 0 Å². The van der Waals surface area contributed by atoms with Crippen LogP contribution in [0.25, 0.3) is 0 Å². The van der Waals surface area contributed by atoms with Crippen molar-refractivity contribution in [3.8, 4) is 0 Å². The first-order valence-electron chi connectivity index (χ1n) is 2.98. The normalized spacial score (nSPS) is 35.2. The van der Waals surface area contributed by atoms with Gasteiger partial charge in [-0.05, 0) is 18.3 Å². The van der Waals surface area contributed by atoms with Gasteiger partial charge in [-0.1, -0.05) is 0 Å². The van der Waals surface area contributed by atoms with Crippen molar-refractivity contribution in [3.63, 3.8) is 0 Å². The van der Waals surface area contributed by atoms with Gasteiger partial charge in [0.25, 0.3) is 0 Å². The summed E-state index contributed by atoms with van der Waals surface area (Å²) in [6, 6.07) is 0. The topological polar surface area (TPSA) is 29.5 Å². The van der Waals surface area contributed by atoms with Crippen LogP contribution in [0.4, 0.5) is 0 Å². The largest absolute Gasteiger partial charge is 0.396 e. The summed E-state index contributed by atoms with van der Waals surface area (Å²) in [4.78, 5) is 0. The highest BCUT2D eigenvalue weighted by Gasteiger charge is 2.35. The molecule has 0 radical (unpaired) electrons. The van der Waals surface area contributed by atoms with Crippen molar-refractivity contribution >= 4 is 0 Å². The number of aliphatic hydroxyl groups is 1. The first kappa shape index (κ1) is 6.05. The van der Waals surface area contributed by atoms with Crippen molar-refractivity contribution < 1.29 is 9.84 Å². The SMILES string of the molecule is COCC1CC1CO. The maximum atomic E-state index is 8.55. The highest BCUT2D eigenvalue weighted by Crippen LogP contribution is 2.37. The van der Waals surface area contributed by atoms with Crippen molar-refractivity contribution in [3.05, 3.63) is 0 Å². The Hall–Kier alpha value is -0.0800. The molecule has 0 bridgehead atoms. The van der Waals surface area contributed by atoms with E-state index in [9.17, 15) is 0 Å². The van der Waals surface area contributed by atoms with Gasteiger partial charge in [-0.2, -0.15) is 0 Å². The fraction of sp³-hybridized carbons (Fsp3) is 1.00. The van der Waals surface area contributed by atoms with E-state index in [0.717, 1.165) is 13.0 Å². The molecule has 1 aliphatic carbocycles. The molecule has 1 fully saturated rings. The lowest BCUT2D eigenvalue weighted by Gasteiger charge is -1.92. The first-order valence-corrected chi connectivity index (χ1v) is 2.98. The smallest absolute Gasteiger partial charge is 0.0494 e. The lowest BCUT2D eigenvalue weighted by molar-refractivity contribution is 0.171. The molecule has 1 rings (SSSR count). The van der Waals surface area contributed by atoms with Crippen LogP contribution in [-0.4, -0.2) is 25.4 Å². The van der Waals surface area contributed by atoms with Gasteiger partial charge in [0, 0.05) is 20.3 Å². The molecule has 0 aromatic carbocycles. The van der Waals surface area contributed by atoms with Crippen LogP contribution < -0.4 is 0 Å². The van der Waals surface area contributed by atoms with E-state index in [1.54, 1.807) is 7.11 Å². The molecule has 0 aromatic heterocycles. The average molecular weight is 116 g/mol. The third-order valence-electron chi connectivity index (χ3n) is 1.68. The van der Waals surface area contributed by atoms with Crippen molar-refractivity contribution in [2.75, 3.05) is 20.3 Å². The molecule has 48 valence electrons. The monoisotopic (exact) mass is 116 g/mol. The van der Waals surface area contributed by atoms with Crippen LogP contribution in [0.15, 0.2) is 0 Å². The van der Waals surface area contributed by atoms with Gasteiger partial charge < -0.3 is 9.84 Å². The summed E-state index contributed by atoms with van der Waals surface area (Å²) < 4.78 is 4.89. The Bertz CT molecular complexity index is 72.9. The van der Waals surface area contributed by atoms with Crippen LogP contribution in [0.3, 0.4) is 0 Å². The Morgan fingerprint density at radius 3 is 2.75 bits per heavy atom. The van der Waals surface area contributed by atoms with E-state index in [1.165, 1.54) is 0 Å². The van der Waals surface area contributed by atoms with Crippen molar-refractivity contribution in [1.29, 1.82) is 0 Å². The van der Waals surface area contributed by atoms with Gasteiger partial charge in [0.2, 0.25) is 0 Å². The third kappa shape index (κ3) is 1.20. The Labute approximate surface area is 49.5 Å². The van der Waals surface area contributed by atoms with Gasteiger partial charge in [-0.3, -0.25) is 0 Å². The van der Waals surface area contributed by atoms with E-state index in [0.29, 0.717) is 18.4 Å². The molecule has 0 aliphatic heterocycles. The zero-order chi connectivity index (χ0) is 5.98. The maximum absolute atomic E-state index is 8.55. The number of methoxy groups -OCH3 is 1. The van der Waals surface area contributed by atoms with Crippen molar-refractivity contribution in [2.45, 2.75) is 6.42 Å². The van der Waals surface area contributed by atoms with E-state index in [2.05, 4.69) is 0 Å². The number of aliphatic hydroxyl groups excluding tert-OH is 1. The maximum Gasteiger partial charge on any atom is 0.0494 e. The summed E-state index contributed by atoms with van der Waals surface area (Å²) in [6.45, 7) is 1.17. The highest BCUT2D eigenvalue weighted by atomic mass is 16.5. The Kier molecular flexibility index (Phi) is 1.86. The van der Waals surface area contributed by atoms with Crippen LogP contribution in [0.5, 0.6) is 0 Å². The molecule has 2 unspecified atom stereocenters. The van der Waals surface area contributed by atoms with Gasteiger partial charge >= 0.3 is 0 Å². The average Bonchev–Trinajstić information content (AvgIpc) is 2.48. The minimum Gasteiger partial charge on any atom is -0.396 e. The van der Waals surface area contributed by atoms with Gasteiger partial charge in [0.05, 0.1) is 0 Å². The fourth-order valence-corrected chi connectivity index (χ4v) is 0.952. The lowest BCUT2D eigenvalue weighted by atomic mass is 10.3. The van der Waals surface area contributed by atoms with Gasteiger partial charge in [0.1, 0.15) is 0 Å². The second-order valence-electron chi connectivity index (χ2n) is 2.39. The fourth-order valence-electron chi connectivity index (χ4n) is 0.952. The summed E-state index contributed by atoms with van der Waals surface area (Å²) >= 11 is 0. The minimum absolute atomic E-state index is 0.341. The minimum atomic E-state index is 0.341. The number of rotatable bonds is 3. The van der Waals surface area contributed by atoms with Crippen LogP contribution in [0.1, 0.15) is 6.42 Å². The Morgan fingerprint density at radius 2 is 2.38 bits per heavy atom. The zero-order valence-electron chi connectivity index (χ0n) is 5.13. The van der Waals surface area contributed by atoms with E-state index < -0.39 is 0 Å². The van der Waals surface area contributed by atoms with Crippen LogP contribution in [-0.2, 0) is 4.74 Å². The van der Waals surface area contributed by atoms with E-state index in [4.69, 9.17) is 9.84 Å². The molecule has 0 aromatic rings. The Morgan fingerprint density at radius 1 is 1.62 bits per heavy atom. The molecule has 2 nitrogen and oxygen atoms in total. The first-order chi connectivity index (χ1) is 3.88. The molecule has 8 heavy (non-hydrogen) atoms. The predicted molar refractivity (Wildman–Crippen MR) is 30.6 cm³/mol. The second-order valence-corrected chi connectivity index (χ2v) is 2.39. The molecular weight excluding hydrogens is 104 g/mol. The van der Waals surface area contributed by atoms with Gasteiger partial charge in [0.15, 0.2) is 0 Å². The molecule has 1 N–H and O–H groups in total. The third-order valence-corrected chi connectivity index (χ3v) is 1.68. The van der Waals surface area contributed by atoms with Crippen LogP contribution >= 0.6 is 0 Å². The Balaban J connectivity index is 1.99. The lowest BCUT2D eigenvalue weighted by Crippen LogP contribution is -1.95. The summed E-state index contributed by atoms with van der Waals surface area (Å²) in [5, 5.41) is 8.55. The van der Waals surface area contributed by atoms with Crippen LogP contribution in [0, 0.1) is 11.8 Å². The molecule has 1 saturated carbocycles. The molecule has 0 spiro atoms. The molecular formula is C6H12O2. The number of ether oxygens (including phenoxy) is 1. The highest BCUT2D eigenvalue weighted by molar-refractivity contribution is 4.84. The quantitative estimate of drug-likeness (QED) is 0.573. The standard InChI is InChI=1S/C6H12O2/c1-8-4-6-2-5(6)3-7/h5-7H,2-4H2,1H3. The number of hydrogen-bond acceptors (Lipinski definition) is 2. The zero-order valence-corrected chi connectivity index (χ0v) is 5.13. The summed E-state index contributed by atoms with van der Waals surface area (Å²) in [6.07, 6.45) is 1.16. The van der Waals surface area contributed by atoms with Crippen LogP contribution in [0.2, 0.25) is 0 Å². The predicted octanol–water partition coefficient (Wildman–Crippen LogP) is 0.261. The summed E-state index contributed by atoms with van der Waals surface area (Å²) in [5.74, 6) is 1.21. The molecule has 1 aliphatic rings. The second kappa shape index (κ2) is 2.46. The molecule has 0 saturated heterocycles. The van der Waals surface area contributed by atoms with Gasteiger partial charge in [-0.15, -0.1) is 0 Å². The number of hydrogen-bond donors (Lipinski definition) is 1. The molecule has 0 heterocycles. The van der Waals surface area contributed by atoms with E-state index >= 15 is 0 Å². The molecule has 0 amide bonds. The van der Waals surface area contributed by atoms with Gasteiger partial charge in [-0.25, -0.2) is 0 Å². The van der Waals surface area contributed by atoms with Crippen molar-refractivity contribution in [2.24, 2.45) is 11.8 Å². The summed E-state index contributed by atoms with van der Waals surface area (Å²) in [7, 11) is 1.70. The molecule has 2 atom stereocenters. The summed E-state index contributed by atoms with van der Waals surface area (Å²) in [5.41, 5.74) is 0. The molecule has 2 heteroatoms.